The molecule has 92 valence electrons. The molecule has 0 saturated heterocycles. The number of amides is 1. The predicted octanol–water partition coefficient (Wildman–Crippen LogP) is 3.92. The summed E-state index contributed by atoms with van der Waals surface area (Å²) < 4.78 is 1.17. The minimum absolute atomic E-state index is 0.0777. The van der Waals surface area contributed by atoms with E-state index in [9.17, 15) is 4.79 Å². The number of halogens is 1. The Bertz CT molecular complexity index is 460. The molecule has 0 atom stereocenters. The van der Waals surface area contributed by atoms with E-state index in [0.717, 1.165) is 18.5 Å². The number of hydrogen-bond donors (Lipinski definition) is 1. The zero-order valence-electron chi connectivity index (χ0n) is 10.6. The topological polar surface area (TPSA) is 29.1 Å². The maximum atomic E-state index is 12.0. The summed E-state index contributed by atoms with van der Waals surface area (Å²) in [4.78, 5) is 12.0. The molecule has 1 aromatic rings. The van der Waals surface area contributed by atoms with Crippen molar-refractivity contribution in [3.8, 4) is 0 Å². The van der Waals surface area contributed by atoms with E-state index in [1.807, 2.05) is 32.9 Å². The van der Waals surface area contributed by atoms with Crippen LogP contribution >= 0.6 is 15.9 Å². The second-order valence-electron chi connectivity index (χ2n) is 5.61. The normalized spacial score (nSPS) is 14.6. The van der Waals surface area contributed by atoms with Crippen LogP contribution in [0.4, 0.5) is 5.69 Å². The minimum atomic E-state index is -0.349. The lowest BCUT2D eigenvalue weighted by Crippen LogP contribution is -2.28. The third-order valence-corrected chi connectivity index (χ3v) is 3.90. The third-order valence-electron chi connectivity index (χ3n) is 3.16. The number of anilines is 1. The summed E-state index contributed by atoms with van der Waals surface area (Å²) >= 11 is 3.57. The summed E-state index contributed by atoms with van der Waals surface area (Å²) in [6.45, 7) is 5.80. The van der Waals surface area contributed by atoms with Crippen molar-refractivity contribution in [2.24, 2.45) is 5.41 Å². The van der Waals surface area contributed by atoms with Crippen molar-refractivity contribution in [2.75, 3.05) is 5.32 Å². The fraction of sp³-hybridized carbons (Fsp3) is 0.500. The van der Waals surface area contributed by atoms with E-state index < -0.39 is 0 Å². The Morgan fingerprint density at radius 1 is 1.24 bits per heavy atom. The van der Waals surface area contributed by atoms with Crippen molar-refractivity contribution in [3.05, 3.63) is 27.7 Å². The highest BCUT2D eigenvalue weighted by molar-refractivity contribution is 9.10. The van der Waals surface area contributed by atoms with Crippen molar-refractivity contribution in [3.63, 3.8) is 0 Å². The molecule has 1 N–H and O–H groups in total. The number of nitrogens with one attached hydrogen (secondary N) is 1. The second-order valence-corrected chi connectivity index (χ2v) is 6.46. The first kappa shape index (κ1) is 12.6. The Hall–Kier alpha value is -0.830. The molecule has 0 saturated carbocycles. The second kappa shape index (κ2) is 4.45. The van der Waals surface area contributed by atoms with Crippen molar-refractivity contribution in [1.29, 1.82) is 0 Å². The maximum Gasteiger partial charge on any atom is 0.229 e. The Balaban J connectivity index is 2.30. The van der Waals surface area contributed by atoms with Crippen molar-refractivity contribution < 1.29 is 4.79 Å². The number of rotatable bonds is 1. The van der Waals surface area contributed by atoms with Gasteiger partial charge < -0.3 is 5.32 Å². The van der Waals surface area contributed by atoms with E-state index in [1.165, 1.54) is 22.0 Å². The van der Waals surface area contributed by atoms with Crippen LogP contribution in [-0.2, 0) is 17.6 Å². The van der Waals surface area contributed by atoms with Gasteiger partial charge in [-0.05, 0) is 42.5 Å². The molecule has 0 unspecified atom stereocenters. The van der Waals surface area contributed by atoms with E-state index >= 15 is 0 Å². The van der Waals surface area contributed by atoms with Crippen LogP contribution in [0.5, 0.6) is 0 Å². The molecule has 0 spiro atoms. The largest absolute Gasteiger partial charge is 0.325 e. The van der Waals surface area contributed by atoms with Crippen LogP contribution in [0.2, 0.25) is 0 Å². The molecule has 1 aliphatic carbocycles. The van der Waals surface area contributed by atoms with Crippen molar-refractivity contribution >= 4 is 27.5 Å². The predicted molar refractivity (Wildman–Crippen MR) is 74.3 cm³/mol. The molecule has 2 rings (SSSR count). The van der Waals surface area contributed by atoms with Gasteiger partial charge in [-0.15, -0.1) is 0 Å². The molecule has 0 heterocycles. The summed E-state index contributed by atoms with van der Waals surface area (Å²) in [5, 5.41) is 3.05. The van der Waals surface area contributed by atoms with E-state index in [-0.39, 0.29) is 11.3 Å². The minimum Gasteiger partial charge on any atom is -0.325 e. The molecule has 1 aliphatic rings. The molecule has 0 aliphatic heterocycles. The van der Waals surface area contributed by atoms with E-state index in [4.69, 9.17) is 0 Å². The monoisotopic (exact) mass is 295 g/mol. The smallest absolute Gasteiger partial charge is 0.229 e. The summed E-state index contributed by atoms with van der Waals surface area (Å²) in [7, 11) is 0. The zero-order valence-corrected chi connectivity index (χ0v) is 12.1. The molecular formula is C14H18BrNO. The van der Waals surface area contributed by atoms with Gasteiger partial charge in [0.1, 0.15) is 0 Å². The average molecular weight is 296 g/mol. The summed E-state index contributed by atoms with van der Waals surface area (Å²) in [6.07, 6.45) is 3.35. The highest BCUT2D eigenvalue weighted by Gasteiger charge is 2.24. The van der Waals surface area contributed by atoms with Crippen molar-refractivity contribution in [1.82, 2.24) is 0 Å². The van der Waals surface area contributed by atoms with Gasteiger partial charge in [-0.3, -0.25) is 4.79 Å². The first-order chi connectivity index (χ1) is 7.89. The highest BCUT2D eigenvalue weighted by Crippen LogP contribution is 2.35. The SMILES string of the molecule is CC(C)(C)C(=O)Nc1ccc(Br)c2c1CCC2. The van der Waals surface area contributed by atoms with Gasteiger partial charge in [0.05, 0.1) is 0 Å². The lowest BCUT2D eigenvalue weighted by molar-refractivity contribution is -0.123. The molecule has 3 heteroatoms. The summed E-state index contributed by atoms with van der Waals surface area (Å²) in [5.41, 5.74) is 3.30. The summed E-state index contributed by atoms with van der Waals surface area (Å²) in [5.74, 6) is 0.0777. The Morgan fingerprint density at radius 3 is 2.53 bits per heavy atom. The number of hydrogen-bond acceptors (Lipinski definition) is 1. The quantitative estimate of drug-likeness (QED) is 0.836. The molecule has 1 aromatic carbocycles. The molecule has 0 aromatic heterocycles. The number of carbonyl (C=O) groups excluding carboxylic acids is 1. The standard InChI is InChI=1S/C14H18BrNO/c1-14(2,3)13(17)16-12-8-7-11(15)9-5-4-6-10(9)12/h7-8H,4-6H2,1-3H3,(H,16,17). The molecule has 2 nitrogen and oxygen atoms in total. The third kappa shape index (κ3) is 2.54. The fourth-order valence-electron chi connectivity index (χ4n) is 2.09. The van der Waals surface area contributed by atoms with E-state index in [0.29, 0.717) is 0 Å². The van der Waals surface area contributed by atoms with Crippen molar-refractivity contribution in [2.45, 2.75) is 40.0 Å². The van der Waals surface area contributed by atoms with Crippen LogP contribution in [0.15, 0.2) is 16.6 Å². The van der Waals surface area contributed by atoms with Crippen LogP contribution in [0, 0.1) is 5.41 Å². The Kier molecular flexibility index (Phi) is 3.30. The average Bonchev–Trinajstić information content (AvgIpc) is 2.70. The molecule has 17 heavy (non-hydrogen) atoms. The fourth-order valence-corrected chi connectivity index (χ4v) is 2.66. The number of benzene rings is 1. The maximum absolute atomic E-state index is 12.0. The highest BCUT2D eigenvalue weighted by atomic mass is 79.9. The Labute approximate surface area is 111 Å². The first-order valence-corrected chi connectivity index (χ1v) is 6.80. The van der Waals surface area contributed by atoms with Crippen LogP contribution < -0.4 is 5.32 Å². The van der Waals surface area contributed by atoms with Crippen LogP contribution in [-0.4, -0.2) is 5.91 Å². The van der Waals surface area contributed by atoms with Gasteiger partial charge in [-0.25, -0.2) is 0 Å². The first-order valence-electron chi connectivity index (χ1n) is 6.01. The van der Waals surface area contributed by atoms with Crippen LogP contribution in [0.25, 0.3) is 0 Å². The summed E-state index contributed by atoms with van der Waals surface area (Å²) in [6, 6.07) is 4.03. The van der Waals surface area contributed by atoms with Gasteiger partial charge in [-0.1, -0.05) is 36.7 Å². The molecule has 1 amide bonds. The van der Waals surface area contributed by atoms with Crippen LogP contribution in [0.1, 0.15) is 38.3 Å². The van der Waals surface area contributed by atoms with Gasteiger partial charge in [0.15, 0.2) is 0 Å². The van der Waals surface area contributed by atoms with Gasteiger partial charge >= 0.3 is 0 Å². The molecule has 0 radical (unpaired) electrons. The van der Waals surface area contributed by atoms with Crippen LogP contribution in [0.3, 0.4) is 0 Å². The Morgan fingerprint density at radius 2 is 1.88 bits per heavy atom. The van der Waals surface area contributed by atoms with Gasteiger partial charge in [0.25, 0.3) is 0 Å². The number of carbonyl (C=O) groups is 1. The lowest BCUT2D eigenvalue weighted by atomic mass is 9.95. The van der Waals surface area contributed by atoms with Gasteiger partial charge in [-0.2, -0.15) is 0 Å². The van der Waals surface area contributed by atoms with E-state index in [2.05, 4.69) is 21.2 Å². The molecule has 0 bridgehead atoms. The van der Waals surface area contributed by atoms with Gasteiger partial charge in [0, 0.05) is 15.6 Å². The number of fused-ring (bicyclic) bond motifs is 1. The van der Waals surface area contributed by atoms with E-state index in [1.54, 1.807) is 0 Å². The molecular weight excluding hydrogens is 278 g/mol. The lowest BCUT2D eigenvalue weighted by Gasteiger charge is -2.19. The zero-order chi connectivity index (χ0) is 12.6. The molecule has 0 fully saturated rings. The van der Waals surface area contributed by atoms with Gasteiger partial charge in [0.2, 0.25) is 5.91 Å².